The molecular formula is C12H10ClN5. The molecule has 0 saturated heterocycles. The minimum atomic E-state index is 0.216. The summed E-state index contributed by atoms with van der Waals surface area (Å²) in [6.45, 7) is 0.592. The lowest BCUT2D eigenvalue weighted by Crippen LogP contribution is -2.04. The fourth-order valence-corrected chi connectivity index (χ4v) is 1.89. The molecule has 3 aromatic heterocycles. The molecule has 18 heavy (non-hydrogen) atoms. The van der Waals surface area contributed by atoms with Gasteiger partial charge in [0.1, 0.15) is 11.5 Å². The van der Waals surface area contributed by atoms with E-state index >= 15 is 0 Å². The fraction of sp³-hybridized carbons (Fsp3) is 0.0833. The maximum Gasteiger partial charge on any atom is 0.226 e. The molecule has 0 unspecified atom stereocenters. The standard InChI is InChI=1S/C12H10ClN5/c13-12-17-10-9(4-6-15-10)11(18-12)16-7-8-3-1-2-5-14-8/h1-6H,7H2,(H2,15,16,17,18). The Morgan fingerprint density at radius 1 is 1.22 bits per heavy atom. The fourth-order valence-electron chi connectivity index (χ4n) is 1.73. The van der Waals surface area contributed by atoms with E-state index in [1.54, 1.807) is 6.20 Å². The lowest BCUT2D eigenvalue weighted by molar-refractivity contribution is 1.03. The van der Waals surface area contributed by atoms with Crippen molar-refractivity contribution in [2.45, 2.75) is 6.54 Å². The summed E-state index contributed by atoms with van der Waals surface area (Å²) in [5.74, 6) is 0.705. The van der Waals surface area contributed by atoms with Gasteiger partial charge in [-0.05, 0) is 29.8 Å². The van der Waals surface area contributed by atoms with Crippen molar-refractivity contribution in [1.82, 2.24) is 19.9 Å². The van der Waals surface area contributed by atoms with Crippen LogP contribution in [0.25, 0.3) is 11.0 Å². The van der Waals surface area contributed by atoms with Crippen LogP contribution < -0.4 is 5.32 Å². The predicted octanol–water partition coefficient (Wildman–Crippen LogP) is 2.62. The van der Waals surface area contributed by atoms with Crippen molar-refractivity contribution in [2.24, 2.45) is 0 Å². The number of nitrogens with zero attached hydrogens (tertiary/aromatic N) is 3. The topological polar surface area (TPSA) is 66.5 Å². The Morgan fingerprint density at radius 3 is 3.00 bits per heavy atom. The zero-order valence-corrected chi connectivity index (χ0v) is 10.1. The smallest absolute Gasteiger partial charge is 0.226 e. The van der Waals surface area contributed by atoms with Gasteiger partial charge < -0.3 is 10.3 Å². The van der Waals surface area contributed by atoms with Gasteiger partial charge in [-0.25, -0.2) is 4.98 Å². The molecule has 0 bridgehead atoms. The van der Waals surface area contributed by atoms with E-state index in [2.05, 4.69) is 25.3 Å². The van der Waals surface area contributed by atoms with E-state index in [4.69, 9.17) is 11.6 Å². The van der Waals surface area contributed by atoms with Crippen molar-refractivity contribution in [3.8, 4) is 0 Å². The first kappa shape index (κ1) is 11.0. The second-order valence-corrected chi connectivity index (χ2v) is 4.09. The highest BCUT2D eigenvalue weighted by Gasteiger charge is 2.07. The van der Waals surface area contributed by atoms with E-state index < -0.39 is 0 Å². The van der Waals surface area contributed by atoms with E-state index in [0.29, 0.717) is 12.4 Å². The molecule has 3 heterocycles. The summed E-state index contributed by atoms with van der Waals surface area (Å²) in [7, 11) is 0. The lowest BCUT2D eigenvalue weighted by Gasteiger charge is -2.06. The second-order valence-electron chi connectivity index (χ2n) is 3.76. The number of halogens is 1. The normalized spacial score (nSPS) is 10.7. The third kappa shape index (κ3) is 2.12. The van der Waals surface area contributed by atoms with Crippen molar-refractivity contribution in [3.63, 3.8) is 0 Å². The molecule has 2 N–H and O–H groups in total. The molecule has 5 nitrogen and oxygen atoms in total. The molecule has 0 atom stereocenters. The molecule has 0 spiro atoms. The van der Waals surface area contributed by atoms with Gasteiger partial charge in [-0.1, -0.05) is 6.07 Å². The van der Waals surface area contributed by atoms with Crippen molar-refractivity contribution in [3.05, 3.63) is 47.6 Å². The van der Waals surface area contributed by atoms with Crippen LogP contribution in [0.3, 0.4) is 0 Å². The summed E-state index contributed by atoms with van der Waals surface area (Å²) < 4.78 is 0. The van der Waals surface area contributed by atoms with Gasteiger partial charge in [0, 0.05) is 12.4 Å². The molecule has 3 aromatic rings. The number of anilines is 1. The predicted molar refractivity (Wildman–Crippen MR) is 70.5 cm³/mol. The molecule has 0 aliphatic rings. The van der Waals surface area contributed by atoms with E-state index in [0.717, 1.165) is 16.7 Å². The number of H-pyrrole nitrogens is 1. The van der Waals surface area contributed by atoms with Crippen LogP contribution in [0.5, 0.6) is 0 Å². The van der Waals surface area contributed by atoms with E-state index in [9.17, 15) is 0 Å². The van der Waals surface area contributed by atoms with Crippen LogP contribution in [-0.2, 0) is 6.54 Å². The highest BCUT2D eigenvalue weighted by molar-refractivity contribution is 6.28. The molecule has 0 radical (unpaired) electrons. The Morgan fingerprint density at radius 2 is 2.17 bits per heavy atom. The number of rotatable bonds is 3. The number of hydrogen-bond donors (Lipinski definition) is 2. The Bertz CT molecular complexity index is 665. The summed E-state index contributed by atoms with van der Waals surface area (Å²) in [6.07, 6.45) is 3.57. The van der Waals surface area contributed by atoms with E-state index in [1.807, 2.05) is 30.5 Å². The van der Waals surface area contributed by atoms with Crippen LogP contribution in [0, 0.1) is 0 Å². The summed E-state index contributed by atoms with van der Waals surface area (Å²) in [5.41, 5.74) is 1.66. The number of aromatic amines is 1. The second kappa shape index (κ2) is 4.62. The maximum absolute atomic E-state index is 5.86. The Hall–Kier alpha value is -2.14. The Labute approximate surface area is 108 Å². The Balaban J connectivity index is 1.88. The first-order valence-electron chi connectivity index (χ1n) is 5.47. The van der Waals surface area contributed by atoms with Gasteiger partial charge >= 0.3 is 0 Å². The summed E-state index contributed by atoms with van der Waals surface area (Å²) >= 11 is 5.86. The molecular weight excluding hydrogens is 250 g/mol. The van der Waals surface area contributed by atoms with Gasteiger partial charge in [0.25, 0.3) is 0 Å². The van der Waals surface area contributed by atoms with E-state index in [1.165, 1.54) is 0 Å². The molecule has 0 aliphatic carbocycles. The average Bonchev–Trinajstić information content (AvgIpc) is 2.85. The minimum Gasteiger partial charge on any atom is -0.364 e. The number of aromatic nitrogens is 4. The highest BCUT2D eigenvalue weighted by atomic mass is 35.5. The highest BCUT2D eigenvalue weighted by Crippen LogP contribution is 2.21. The molecule has 3 rings (SSSR count). The van der Waals surface area contributed by atoms with Crippen molar-refractivity contribution >= 4 is 28.5 Å². The van der Waals surface area contributed by atoms with Crippen LogP contribution in [0.15, 0.2) is 36.7 Å². The van der Waals surface area contributed by atoms with Gasteiger partial charge in [0.05, 0.1) is 17.6 Å². The van der Waals surface area contributed by atoms with Gasteiger partial charge in [-0.3, -0.25) is 4.98 Å². The van der Waals surface area contributed by atoms with Gasteiger partial charge in [-0.15, -0.1) is 0 Å². The summed E-state index contributed by atoms with van der Waals surface area (Å²) in [6, 6.07) is 7.69. The van der Waals surface area contributed by atoms with E-state index in [-0.39, 0.29) is 5.28 Å². The molecule has 0 aromatic carbocycles. The third-order valence-corrected chi connectivity index (χ3v) is 2.72. The van der Waals surface area contributed by atoms with Crippen molar-refractivity contribution in [1.29, 1.82) is 0 Å². The van der Waals surface area contributed by atoms with Crippen molar-refractivity contribution < 1.29 is 0 Å². The third-order valence-electron chi connectivity index (χ3n) is 2.55. The molecule has 0 amide bonds. The first-order chi connectivity index (χ1) is 8.83. The quantitative estimate of drug-likeness (QED) is 0.710. The zero-order chi connectivity index (χ0) is 12.4. The zero-order valence-electron chi connectivity index (χ0n) is 9.39. The van der Waals surface area contributed by atoms with Crippen LogP contribution in [-0.4, -0.2) is 19.9 Å². The molecule has 90 valence electrons. The summed E-state index contributed by atoms with van der Waals surface area (Å²) in [4.78, 5) is 15.5. The monoisotopic (exact) mass is 259 g/mol. The maximum atomic E-state index is 5.86. The largest absolute Gasteiger partial charge is 0.364 e. The van der Waals surface area contributed by atoms with Crippen LogP contribution >= 0.6 is 11.6 Å². The molecule has 0 fully saturated rings. The minimum absolute atomic E-state index is 0.216. The molecule has 0 aliphatic heterocycles. The van der Waals surface area contributed by atoms with Crippen LogP contribution in [0.2, 0.25) is 5.28 Å². The van der Waals surface area contributed by atoms with Crippen molar-refractivity contribution in [2.75, 3.05) is 5.32 Å². The lowest BCUT2D eigenvalue weighted by atomic mass is 10.3. The van der Waals surface area contributed by atoms with Gasteiger partial charge in [0.2, 0.25) is 5.28 Å². The molecule has 6 heteroatoms. The number of pyridine rings is 1. The van der Waals surface area contributed by atoms with Gasteiger partial charge in [-0.2, -0.15) is 4.98 Å². The van der Waals surface area contributed by atoms with Crippen LogP contribution in [0.1, 0.15) is 5.69 Å². The first-order valence-corrected chi connectivity index (χ1v) is 5.85. The number of fused-ring (bicyclic) bond motifs is 1. The molecule has 0 saturated carbocycles. The number of hydrogen-bond acceptors (Lipinski definition) is 4. The SMILES string of the molecule is Clc1nc(NCc2ccccn2)c2cc[nH]c2n1. The average molecular weight is 260 g/mol. The van der Waals surface area contributed by atoms with Crippen LogP contribution in [0.4, 0.5) is 5.82 Å². The summed E-state index contributed by atoms with van der Waals surface area (Å²) in [5, 5.41) is 4.34. The van der Waals surface area contributed by atoms with Gasteiger partial charge in [0.15, 0.2) is 0 Å². The number of nitrogens with one attached hydrogen (secondary N) is 2. The Kier molecular flexibility index (Phi) is 2.82.